The number of hydrogen-bond acceptors (Lipinski definition) is 4. The molecule has 0 aliphatic rings. The number of halogens is 1. The van der Waals surface area contributed by atoms with Crippen LogP contribution in [0.5, 0.6) is 0 Å². The Kier molecular flexibility index (Phi) is 5.31. The SMILES string of the molecule is COP(=O)(CCNCl)OC. The van der Waals surface area contributed by atoms with E-state index in [1.54, 1.807) is 0 Å². The molecule has 0 unspecified atom stereocenters. The van der Waals surface area contributed by atoms with Gasteiger partial charge >= 0.3 is 7.60 Å². The molecule has 0 spiro atoms. The molecule has 62 valence electrons. The van der Waals surface area contributed by atoms with E-state index in [9.17, 15) is 4.57 Å². The smallest absolute Gasteiger partial charge is 0.312 e. The van der Waals surface area contributed by atoms with Crippen molar-refractivity contribution < 1.29 is 13.6 Å². The first-order valence-corrected chi connectivity index (χ1v) is 4.83. The van der Waals surface area contributed by atoms with Crippen molar-refractivity contribution in [3.8, 4) is 0 Å². The molecule has 0 aromatic carbocycles. The summed E-state index contributed by atoms with van der Waals surface area (Å²) < 4.78 is 20.4. The predicted molar refractivity (Wildman–Crippen MR) is 40.3 cm³/mol. The van der Waals surface area contributed by atoms with Gasteiger partial charge < -0.3 is 9.05 Å². The van der Waals surface area contributed by atoms with Crippen molar-refractivity contribution in [2.45, 2.75) is 0 Å². The lowest BCUT2D eigenvalue weighted by atomic mass is 10.8. The Hall–Kier alpha value is 0.400. The van der Waals surface area contributed by atoms with E-state index in [-0.39, 0.29) is 6.16 Å². The van der Waals surface area contributed by atoms with Crippen LogP contribution in [0.25, 0.3) is 0 Å². The van der Waals surface area contributed by atoms with Crippen LogP contribution in [0, 0.1) is 0 Å². The van der Waals surface area contributed by atoms with Crippen LogP contribution in [0.1, 0.15) is 0 Å². The molecule has 0 aromatic heterocycles. The van der Waals surface area contributed by atoms with E-state index in [2.05, 4.69) is 13.9 Å². The van der Waals surface area contributed by atoms with Crippen molar-refractivity contribution in [1.82, 2.24) is 4.84 Å². The lowest BCUT2D eigenvalue weighted by molar-refractivity contribution is 0.276. The van der Waals surface area contributed by atoms with Gasteiger partial charge in [-0.05, 0) is 11.8 Å². The molecule has 0 heterocycles. The van der Waals surface area contributed by atoms with Crippen molar-refractivity contribution in [2.75, 3.05) is 26.9 Å². The first-order valence-electron chi connectivity index (χ1n) is 2.72. The molecule has 0 aliphatic heterocycles. The molecule has 0 rings (SSSR count). The van der Waals surface area contributed by atoms with E-state index in [1.807, 2.05) is 0 Å². The maximum atomic E-state index is 11.2. The number of hydrogen-bond donors (Lipinski definition) is 1. The highest BCUT2D eigenvalue weighted by Gasteiger charge is 2.19. The first-order chi connectivity index (χ1) is 4.68. The van der Waals surface area contributed by atoms with Gasteiger partial charge in [-0.3, -0.25) is 4.57 Å². The van der Waals surface area contributed by atoms with Crippen molar-refractivity contribution in [1.29, 1.82) is 0 Å². The minimum absolute atomic E-state index is 0.281. The Morgan fingerprint density at radius 1 is 1.50 bits per heavy atom. The van der Waals surface area contributed by atoms with Crippen molar-refractivity contribution in [2.24, 2.45) is 0 Å². The molecule has 0 aliphatic carbocycles. The monoisotopic (exact) mass is 187 g/mol. The number of rotatable bonds is 5. The molecule has 10 heavy (non-hydrogen) atoms. The highest BCUT2D eigenvalue weighted by atomic mass is 35.5. The standard InChI is InChI=1S/C4H11ClNO3P/c1-8-10(7,9-2)4-3-6-5/h6H,3-4H2,1-2H3. The molecule has 6 heteroatoms. The Morgan fingerprint density at radius 2 is 2.00 bits per heavy atom. The second-order valence-corrected chi connectivity index (χ2v) is 4.25. The van der Waals surface area contributed by atoms with Crippen LogP contribution in [-0.4, -0.2) is 26.9 Å². The van der Waals surface area contributed by atoms with Crippen LogP contribution < -0.4 is 4.84 Å². The summed E-state index contributed by atoms with van der Waals surface area (Å²) in [6.45, 7) is 0.403. The fourth-order valence-electron chi connectivity index (χ4n) is 0.436. The lowest BCUT2D eigenvalue weighted by Gasteiger charge is -2.11. The molecule has 0 radical (unpaired) electrons. The Labute approximate surface area is 65.5 Å². The Morgan fingerprint density at radius 3 is 2.30 bits per heavy atom. The van der Waals surface area contributed by atoms with Crippen LogP contribution in [0.3, 0.4) is 0 Å². The van der Waals surface area contributed by atoms with Crippen LogP contribution in [0.4, 0.5) is 0 Å². The summed E-state index contributed by atoms with van der Waals surface area (Å²) in [6.07, 6.45) is 0.281. The van der Waals surface area contributed by atoms with Gasteiger partial charge in [-0.2, -0.15) is 0 Å². The van der Waals surface area contributed by atoms with Crippen molar-refractivity contribution in [3.63, 3.8) is 0 Å². The maximum Gasteiger partial charge on any atom is 0.331 e. The van der Waals surface area contributed by atoms with Crippen molar-refractivity contribution in [3.05, 3.63) is 0 Å². The highest BCUT2D eigenvalue weighted by molar-refractivity contribution is 7.53. The predicted octanol–water partition coefficient (Wildman–Crippen LogP) is 1.22. The maximum absolute atomic E-state index is 11.2. The number of nitrogens with one attached hydrogen (secondary N) is 1. The van der Waals surface area contributed by atoms with E-state index < -0.39 is 7.60 Å². The third kappa shape index (κ3) is 3.54. The Bertz CT molecular complexity index is 124. The van der Waals surface area contributed by atoms with Crippen LogP contribution >= 0.6 is 19.4 Å². The van der Waals surface area contributed by atoms with Gasteiger partial charge in [0.15, 0.2) is 0 Å². The third-order valence-corrected chi connectivity index (χ3v) is 3.11. The Balaban J connectivity index is 3.70. The molecule has 4 nitrogen and oxygen atoms in total. The minimum Gasteiger partial charge on any atom is -0.312 e. The van der Waals surface area contributed by atoms with E-state index in [0.717, 1.165) is 0 Å². The van der Waals surface area contributed by atoms with E-state index >= 15 is 0 Å². The van der Waals surface area contributed by atoms with Gasteiger partial charge in [0.2, 0.25) is 0 Å². The summed E-state index contributed by atoms with van der Waals surface area (Å²) in [4.78, 5) is 2.33. The van der Waals surface area contributed by atoms with Gasteiger partial charge in [-0.1, -0.05) is 0 Å². The molecule has 0 atom stereocenters. The summed E-state index contributed by atoms with van der Waals surface area (Å²) >= 11 is 5.14. The molecular formula is C4H11ClNO3P. The summed E-state index contributed by atoms with van der Waals surface area (Å²) in [6, 6.07) is 0. The minimum atomic E-state index is -2.84. The largest absolute Gasteiger partial charge is 0.331 e. The molecule has 0 aromatic rings. The van der Waals surface area contributed by atoms with Gasteiger partial charge in [-0.15, -0.1) is 0 Å². The van der Waals surface area contributed by atoms with E-state index in [1.165, 1.54) is 14.2 Å². The average molecular weight is 188 g/mol. The molecule has 1 N–H and O–H groups in total. The molecule has 0 saturated carbocycles. The zero-order valence-corrected chi connectivity index (χ0v) is 7.61. The van der Waals surface area contributed by atoms with Crippen molar-refractivity contribution >= 4 is 19.4 Å². The quantitative estimate of drug-likeness (QED) is 0.519. The van der Waals surface area contributed by atoms with E-state index in [4.69, 9.17) is 11.8 Å². The molecule has 0 saturated heterocycles. The van der Waals surface area contributed by atoms with Crippen LogP contribution in [0.2, 0.25) is 0 Å². The highest BCUT2D eigenvalue weighted by Crippen LogP contribution is 2.45. The van der Waals surface area contributed by atoms with E-state index in [0.29, 0.717) is 6.54 Å². The van der Waals surface area contributed by atoms with Gasteiger partial charge in [0, 0.05) is 20.8 Å². The summed E-state index contributed by atoms with van der Waals surface area (Å²) in [5, 5.41) is 0. The van der Waals surface area contributed by atoms with Gasteiger partial charge in [0.05, 0.1) is 6.16 Å². The molecule has 0 fully saturated rings. The third-order valence-electron chi connectivity index (χ3n) is 1.04. The molecule has 0 bridgehead atoms. The zero-order valence-electron chi connectivity index (χ0n) is 5.96. The summed E-state index contributed by atoms with van der Waals surface area (Å²) in [5.74, 6) is 0. The molecule has 0 amide bonds. The summed E-state index contributed by atoms with van der Waals surface area (Å²) in [5.41, 5.74) is 0. The second kappa shape index (κ2) is 5.10. The van der Waals surface area contributed by atoms with Gasteiger partial charge in [-0.25, -0.2) is 4.84 Å². The summed E-state index contributed by atoms with van der Waals surface area (Å²) in [7, 11) is -0.153. The first kappa shape index (κ1) is 10.4. The topological polar surface area (TPSA) is 47.6 Å². The van der Waals surface area contributed by atoms with Gasteiger partial charge in [0.25, 0.3) is 0 Å². The van der Waals surface area contributed by atoms with Gasteiger partial charge in [0.1, 0.15) is 0 Å². The fourth-order valence-corrected chi connectivity index (χ4v) is 1.56. The van der Waals surface area contributed by atoms with Crippen LogP contribution in [-0.2, 0) is 13.6 Å². The second-order valence-electron chi connectivity index (χ2n) is 1.58. The lowest BCUT2D eigenvalue weighted by Crippen LogP contribution is -2.08. The molecular weight excluding hydrogens is 176 g/mol. The van der Waals surface area contributed by atoms with Crippen LogP contribution in [0.15, 0.2) is 0 Å². The zero-order chi connectivity index (χ0) is 8.04. The average Bonchev–Trinajstić information content (AvgIpc) is 2.00. The fraction of sp³-hybridized carbons (Fsp3) is 1.00. The normalized spacial score (nSPS) is 11.9.